The van der Waals surface area contributed by atoms with E-state index in [9.17, 15) is 19.5 Å². The van der Waals surface area contributed by atoms with Crippen LogP contribution in [0.4, 0.5) is 4.79 Å². The van der Waals surface area contributed by atoms with E-state index in [0.717, 1.165) is 24.0 Å². The molecule has 0 aromatic heterocycles. The number of likely N-dealkylation sites (N-methyl/N-ethyl adjacent to an activating group) is 1. The summed E-state index contributed by atoms with van der Waals surface area (Å²) < 4.78 is 0. The van der Waals surface area contributed by atoms with E-state index >= 15 is 0 Å². The quantitative estimate of drug-likeness (QED) is 0.618. The smallest absolute Gasteiger partial charge is 0.334 e. The molecule has 2 aromatic carbocycles. The average Bonchev–Trinajstić information content (AvgIpc) is 2.87. The van der Waals surface area contributed by atoms with Gasteiger partial charge in [-0.1, -0.05) is 56.3 Å². The first-order valence-electron chi connectivity index (χ1n) is 12.6. The van der Waals surface area contributed by atoms with E-state index in [1.807, 2.05) is 49.1 Å². The molecule has 2 aromatic rings. The Morgan fingerprint density at radius 1 is 1.03 bits per heavy atom. The predicted octanol–water partition coefficient (Wildman–Crippen LogP) is 2.56. The summed E-state index contributed by atoms with van der Waals surface area (Å²) >= 11 is 0. The molecule has 0 radical (unpaired) electrons. The molecule has 1 unspecified atom stereocenters. The molecule has 2 N–H and O–H groups in total. The molecule has 36 heavy (non-hydrogen) atoms. The van der Waals surface area contributed by atoms with Gasteiger partial charge in [0, 0.05) is 26.1 Å². The maximum Gasteiger partial charge on any atom is 0.334 e. The van der Waals surface area contributed by atoms with Crippen LogP contribution in [-0.2, 0) is 22.6 Å². The first kappa shape index (κ1) is 25.5. The number of hydrogen-bond acceptors (Lipinski definition) is 5. The fraction of sp³-hybridized carbons (Fsp3) is 0.444. The van der Waals surface area contributed by atoms with Crippen LogP contribution in [0.25, 0.3) is 0 Å². The number of benzene rings is 2. The van der Waals surface area contributed by atoms with Crippen LogP contribution < -0.4 is 5.32 Å². The highest BCUT2D eigenvalue weighted by Gasteiger charge is 2.51. The van der Waals surface area contributed by atoms with Gasteiger partial charge in [-0.15, -0.1) is 0 Å². The summed E-state index contributed by atoms with van der Waals surface area (Å²) in [5.41, 5.74) is 1.81. The topological polar surface area (TPSA) is 96.4 Å². The lowest BCUT2D eigenvalue weighted by Gasteiger charge is -2.55. The van der Waals surface area contributed by atoms with Crippen LogP contribution in [0, 0.1) is 0 Å². The fourth-order valence-electron chi connectivity index (χ4n) is 5.23. The van der Waals surface area contributed by atoms with Gasteiger partial charge < -0.3 is 20.2 Å². The standard InChI is InChI=1S/C27H35N5O4/c1-4-21(5-2)30-17-24-31(23(26(30)35)15-19-11-13-22(33)14-12-19)25(34)18-29(3)32(24)27(36)28-16-20-9-7-6-8-10-20/h6-14,21,23-24,33H,4-5,15-18H2,1-3H3,(H,28,36)/t23-,24?/m0/s1. The second-order valence-electron chi connectivity index (χ2n) is 9.43. The van der Waals surface area contributed by atoms with Crippen molar-refractivity contribution in [2.45, 2.75) is 57.9 Å². The Morgan fingerprint density at radius 2 is 1.69 bits per heavy atom. The minimum absolute atomic E-state index is 0.000398. The van der Waals surface area contributed by atoms with Crippen LogP contribution >= 0.6 is 0 Å². The van der Waals surface area contributed by atoms with Gasteiger partial charge >= 0.3 is 6.03 Å². The summed E-state index contributed by atoms with van der Waals surface area (Å²) in [4.78, 5) is 44.0. The highest BCUT2D eigenvalue weighted by atomic mass is 16.3. The molecule has 2 aliphatic heterocycles. The lowest BCUT2D eigenvalue weighted by molar-refractivity contribution is -0.189. The molecule has 0 saturated carbocycles. The summed E-state index contributed by atoms with van der Waals surface area (Å²) in [6.07, 6.45) is 1.25. The van der Waals surface area contributed by atoms with Crippen LogP contribution in [0.15, 0.2) is 54.6 Å². The van der Waals surface area contributed by atoms with E-state index < -0.39 is 12.2 Å². The molecule has 9 heteroatoms. The SMILES string of the molecule is CCC(CC)N1CC2N(C(=O)CN(C)N2C(=O)NCc2ccccc2)[C@@H](Cc2ccc(O)cc2)C1=O. The summed E-state index contributed by atoms with van der Waals surface area (Å²) in [6.45, 7) is 4.71. The van der Waals surface area contributed by atoms with Crippen molar-refractivity contribution in [2.75, 3.05) is 20.1 Å². The highest BCUT2D eigenvalue weighted by molar-refractivity contribution is 5.91. The zero-order valence-corrected chi connectivity index (χ0v) is 21.1. The predicted molar refractivity (Wildman–Crippen MR) is 135 cm³/mol. The van der Waals surface area contributed by atoms with E-state index in [0.29, 0.717) is 13.0 Å². The van der Waals surface area contributed by atoms with Crippen molar-refractivity contribution in [3.05, 3.63) is 65.7 Å². The Hall–Kier alpha value is -3.59. The highest BCUT2D eigenvalue weighted by Crippen LogP contribution is 2.30. The number of phenolic OH excluding ortho intramolecular Hbond substituents is 1. The van der Waals surface area contributed by atoms with Gasteiger partial charge in [0.05, 0.1) is 13.1 Å². The number of amides is 4. The molecule has 192 valence electrons. The third-order valence-electron chi connectivity index (χ3n) is 7.13. The molecule has 2 saturated heterocycles. The molecule has 9 nitrogen and oxygen atoms in total. The van der Waals surface area contributed by atoms with Crippen molar-refractivity contribution in [2.24, 2.45) is 0 Å². The van der Waals surface area contributed by atoms with Crippen molar-refractivity contribution >= 4 is 17.8 Å². The maximum atomic E-state index is 13.8. The molecule has 2 heterocycles. The monoisotopic (exact) mass is 493 g/mol. The van der Waals surface area contributed by atoms with E-state index in [1.54, 1.807) is 46.2 Å². The van der Waals surface area contributed by atoms with Gasteiger partial charge in [0.25, 0.3) is 0 Å². The second-order valence-corrected chi connectivity index (χ2v) is 9.43. The molecule has 4 amide bonds. The molecule has 4 rings (SSSR count). The molecule has 2 atom stereocenters. The van der Waals surface area contributed by atoms with Crippen molar-refractivity contribution in [3.63, 3.8) is 0 Å². The van der Waals surface area contributed by atoms with E-state index in [2.05, 4.69) is 5.32 Å². The Labute approximate surface area is 212 Å². The lowest BCUT2D eigenvalue weighted by atomic mass is 9.96. The maximum absolute atomic E-state index is 13.8. The first-order chi connectivity index (χ1) is 17.3. The van der Waals surface area contributed by atoms with Crippen molar-refractivity contribution in [3.8, 4) is 5.75 Å². The van der Waals surface area contributed by atoms with Gasteiger partial charge in [-0.3, -0.25) is 9.59 Å². The molecular formula is C27H35N5O4. The van der Waals surface area contributed by atoms with Crippen LogP contribution in [0.5, 0.6) is 5.75 Å². The van der Waals surface area contributed by atoms with Crippen LogP contribution in [-0.4, -0.2) is 81.2 Å². The summed E-state index contributed by atoms with van der Waals surface area (Å²) in [5.74, 6) is -0.145. The number of nitrogens with one attached hydrogen (secondary N) is 1. The van der Waals surface area contributed by atoms with Crippen molar-refractivity contribution < 1.29 is 19.5 Å². The number of hydrazine groups is 1. The largest absolute Gasteiger partial charge is 0.508 e. The summed E-state index contributed by atoms with van der Waals surface area (Å²) in [6, 6.07) is 15.3. The number of urea groups is 1. The number of rotatable bonds is 7. The minimum atomic E-state index is -0.737. The van der Waals surface area contributed by atoms with Gasteiger partial charge in [0.2, 0.25) is 11.8 Å². The number of carbonyl (C=O) groups excluding carboxylic acids is 3. The number of carbonyl (C=O) groups is 3. The lowest BCUT2D eigenvalue weighted by Crippen LogP contribution is -2.76. The number of aromatic hydroxyl groups is 1. The Balaban J connectivity index is 1.65. The molecule has 2 fully saturated rings. The number of piperazine rings is 1. The molecule has 0 bridgehead atoms. The fourth-order valence-corrected chi connectivity index (χ4v) is 5.23. The van der Waals surface area contributed by atoms with E-state index in [1.165, 1.54) is 0 Å². The van der Waals surface area contributed by atoms with Crippen LogP contribution in [0.3, 0.4) is 0 Å². The van der Waals surface area contributed by atoms with Gasteiger partial charge in [-0.05, 0) is 36.1 Å². The minimum Gasteiger partial charge on any atom is -0.508 e. The normalized spacial score (nSPS) is 20.6. The van der Waals surface area contributed by atoms with Crippen LogP contribution in [0.2, 0.25) is 0 Å². The third-order valence-corrected chi connectivity index (χ3v) is 7.13. The Bertz CT molecular complexity index is 1070. The number of fused-ring (bicyclic) bond motifs is 1. The number of nitrogens with zero attached hydrogens (tertiary/aromatic N) is 4. The third kappa shape index (κ3) is 5.16. The molecule has 0 spiro atoms. The Morgan fingerprint density at radius 3 is 2.33 bits per heavy atom. The number of phenols is 1. The zero-order valence-electron chi connectivity index (χ0n) is 21.1. The van der Waals surface area contributed by atoms with Crippen molar-refractivity contribution in [1.29, 1.82) is 0 Å². The van der Waals surface area contributed by atoms with Crippen molar-refractivity contribution in [1.82, 2.24) is 25.1 Å². The second kappa shape index (κ2) is 11.0. The van der Waals surface area contributed by atoms with E-state index in [-0.39, 0.29) is 42.7 Å². The van der Waals surface area contributed by atoms with Crippen LogP contribution in [0.1, 0.15) is 37.8 Å². The first-order valence-corrected chi connectivity index (χ1v) is 12.6. The zero-order chi connectivity index (χ0) is 25.8. The molecule has 0 aliphatic carbocycles. The van der Waals surface area contributed by atoms with Gasteiger partial charge in [0.15, 0.2) is 0 Å². The average molecular weight is 494 g/mol. The van der Waals surface area contributed by atoms with Gasteiger partial charge in [-0.2, -0.15) is 0 Å². The Kier molecular flexibility index (Phi) is 7.79. The number of hydrogen-bond donors (Lipinski definition) is 2. The van der Waals surface area contributed by atoms with E-state index in [4.69, 9.17) is 0 Å². The molecular weight excluding hydrogens is 458 g/mol. The summed E-state index contributed by atoms with van der Waals surface area (Å²) in [5, 5.41) is 15.9. The summed E-state index contributed by atoms with van der Waals surface area (Å²) in [7, 11) is 1.73. The van der Waals surface area contributed by atoms with Gasteiger partial charge in [0.1, 0.15) is 18.0 Å². The van der Waals surface area contributed by atoms with Gasteiger partial charge in [-0.25, -0.2) is 14.8 Å². The molecule has 2 aliphatic rings.